The first-order chi connectivity index (χ1) is 7.58. The summed E-state index contributed by atoms with van der Waals surface area (Å²) < 4.78 is 1.97. The summed E-state index contributed by atoms with van der Waals surface area (Å²) in [5.74, 6) is 0. The molecule has 0 aliphatic carbocycles. The second kappa shape index (κ2) is 6.01. The number of nitrogens with two attached hydrogens (primary N) is 1. The third-order valence-corrected chi connectivity index (χ3v) is 2.99. The molecule has 0 fully saturated rings. The predicted molar refractivity (Wildman–Crippen MR) is 67.3 cm³/mol. The maximum atomic E-state index is 5.89. The number of aromatic nitrogens is 2. The van der Waals surface area contributed by atoms with E-state index in [2.05, 4.69) is 44.3 Å². The van der Waals surface area contributed by atoms with Crippen LogP contribution in [0, 0.1) is 6.92 Å². The summed E-state index contributed by atoms with van der Waals surface area (Å²) >= 11 is 0. The molecule has 0 aromatic carbocycles. The molecule has 1 aromatic rings. The van der Waals surface area contributed by atoms with Crippen LogP contribution in [-0.4, -0.2) is 22.4 Å². The fourth-order valence-corrected chi connectivity index (χ4v) is 1.70. The van der Waals surface area contributed by atoms with Gasteiger partial charge in [-0.1, -0.05) is 6.92 Å². The van der Waals surface area contributed by atoms with E-state index in [1.165, 1.54) is 5.56 Å². The van der Waals surface area contributed by atoms with E-state index in [-0.39, 0.29) is 6.04 Å². The molecule has 4 heteroatoms. The maximum Gasteiger partial charge on any atom is 0.0641 e. The number of nitrogens with one attached hydrogen (secondary N) is 1. The Bertz CT molecular complexity index is 319. The minimum Gasteiger partial charge on any atom is -0.327 e. The zero-order chi connectivity index (χ0) is 12.1. The lowest BCUT2D eigenvalue weighted by Crippen LogP contribution is -2.34. The zero-order valence-electron chi connectivity index (χ0n) is 10.8. The van der Waals surface area contributed by atoms with Gasteiger partial charge in [-0.15, -0.1) is 0 Å². The Hall–Kier alpha value is -0.870. The topological polar surface area (TPSA) is 55.9 Å². The fraction of sp³-hybridized carbons (Fsp3) is 0.750. The van der Waals surface area contributed by atoms with Gasteiger partial charge in [0, 0.05) is 36.9 Å². The van der Waals surface area contributed by atoms with Gasteiger partial charge in [-0.2, -0.15) is 5.10 Å². The molecule has 0 saturated carbocycles. The van der Waals surface area contributed by atoms with Gasteiger partial charge >= 0.3 is 0 Å². The molecule has 92 valence electrons. The highest BCUT2D eigenvalue weighted by Gasteiger charge is 2.12. The predicted octanol–water partition coefficient (Wildman–Crippen LogP) is 1.60. The summed E-state index contributed by atoms with van der Waals surface area (Å²) in [6.07, 6.45) is 3.12. The van der Waals surface area contributed by atoms with Crippen molar-refractivity contribution in [2.75, 3.05) is 6.54 Å². The highest BCUT2D eigenvalue weighted by Crippen LogP contribution is 2.15. The summed E-state index contributed by atoms with van der Waals surface area (Å²) in [5, 5.41) is 7.89. The smallest absolute Gasteiger partial charge is 0.0641 e. The van der Waals surface area contributed by atoms with Crippen molar-refractivity contribution in [1.82, 2.24) is 15.1 Å². The Morgan fingerprint density at radius 2 is 2.19 bits per heavy atom. The van der Waals surface area contributed by atoms with Gasteiger partial charge in [0.15, 0.2) is 0 Å². The van der Waals surface area contributed by atoms with Crippen molar-refractivity contribution >= 4 is 0 Å². The third kappa shape index (κ3) is 3.32. The lowest BCUT2D eigenvalue weighted by atomic mass is 10.1. The normalized spacial score (nSPS) is 15.1. The summed E-state index contributed by atoms with van der Waals surface area (Å²) in [6, 6.07) is 0.557. The molecular weight excluding hydrogens is 200 g/mol. The van der Waals surface area contributed by atoms with Crippen LogP contribution >= 0.6 is 0 Å². The van der Waals surface area contributed by atoms with E-state index in [9.17, 15) is 0 Å². The molecule has 0 aliphatic heterocycles. The van der Waals surface area contributed by atoms with E-state index < -0.39 is 0 Å². The van der Waals surface area contributed by atoms with Crippen LogP contribution in [0.15, 0.2) is 6.20 Å². The average molecular weight is 224 g/mol. The molecular formula is C12H24N4. The van der Waals surface area contributed by atoms with Crippen LogP contribution in [0.25, 0.3) is 0 Å². The first-order valence-corrected chi connectivity index (χ1v) is 6.11. The fourth-order valence-electron chi connectivity index (χ4n) is 1.70. The van der Waals surface area contributed by atoms with Crippen molar-refractivity contribution in [3.05, 3.63) is 17.5 Å². The minimum atomic E-state index is 0.240. The molecule has 0 saturated heterocycles. The number of nitrogens with zero attached hydrogens (tertiary/aromatic N) is 2. The first-order valence-electron chi connectivity index (χ1n) is 6.11. The maximum absolute atomic E-state index is 5.89. The monoisotopic (exact) mass is 224 g/mol. The standard InChI is InChI=1S/C12H24N4/c1-5-11(13)7-14-9(3)12-8-16(6-2)15-10(12)4/h8-9,11,14H,5-7,13H2,1-4H3. The SMILES string of the molecule is CCC(N)CNC(C)c1cn(CC)nc1C. The Kier molecular flexibility index (Phi) is 4.96. The van der Waals surface area contributed by atoms with Crippen LogP contribution in [-0.2, 0) is 6.54 Å². The molecule has 0 bridgehead atoms. The minimum absolute atomic E-state index is 0.240. The molecule has 0 radical (unpaired) electrons. The quantitative estimate of drug-likeness (QED) is 0.771. The number of aryl methyl sites for hydroxylation is 2. The van der Waals surface area contributed by atoms with Crippen LogP contribution in [0.4, 0.5) is 0 Å². The van der Waals surface area contributed by atoms with Crippen LogP contribution in [0.1, 0.15) is 44.5 Å². The van der Waals surface area contributed by atoms with Crippen LogP contribution < -0.4 is 11.1 Å². The van der Waals surface area contributed by atoms with Gasteiger partial charge in [0.2, 0.25) is 0 Å². The van der Waals surface area contributed by atoms with Gasteiger partial charge in [-0.25, -0.2) is 0 Å². The Balaban J connectivity index is 2.58. The molecule has 2 unspecified atom stereocenters. The van der Waals surface area contributed by atoms with E-state index in [4.69, 9.17) is 5.73 Å². The average Bonchev–Trinajstić information content (AvgIpc) is 2.67. The van der Waals surface area contributed by atoms with Crippen LogP contribution in [0.5, 0.6) is 0 Å². The molecule has 2 atom stereocenters. The molecule has 3 N–H and O–H groups in total. The molecule has 0 spiro atoms. The summed E-state index contributed by atoms with van der Waals surface area (Å²) in [4.78, 5) is 0. The van der Waals surface area contributed by atoms with Crippen LogP contribution in [0.3, 0.4) is 0 Å². The summed E-state index contributed by atoms with van der Waals surface area (Å²) in [5.41, 5.74) is 8.26. The highest BCUT2D eigenvalue weighted by molar-refractivity contribution is 5.19. The zero-order valence-corrected chi connectivity index (χ0v) is 10.8. The molecule has 0 amide bonds. The van der Waals surface area contributed by atoms with Gasteiger partial charge in [0.25, 0.3) is 0 Å². The Morgan fingerprint density at radius 3 is 2.69 bits per heavy atom. The third-order valence-electron chi connectivity index (χ3n) is 2.99. The first kappa shape index (κ1) is 13.2. The van der Waals surface area contributed by atoms with Gasteiger partial charge in [-0.3, -0.25) is 4.68 Å². The lowest BCUT2D eigenvalue weighted by Gasteiger charge is -2.16. The number of hydrogen-bond donors (Lipinski definition) is 2. The van der Waals surface area contributed by atoms with Gasteiger partial charge in [0.05, 0.1) is 5.69 Å². The van der Waals surface area contributed by atoms with E-state index in [1.807, 2.05) is 4.68 Å². The number of hydrogen-bond acceptors (Lipinski definition) is 3. The van der Waals surface area contributed by atoms with E-state index in [1.54, 1.807) is 0 Å². The van der Waals surface area contributed by atoms with Gasteiger partial charge < -0.3 is 11.1 Å². The summed E-state index contributed by atoms with van der Waals surface area (Å²) in [7, 11) is 0. The highest BCUT2D eigenvalue weighted by atomic mass is 15.3. The largest absolute Gasteiger partial charge is 0.327 e. The second-order valence-electron chi connectivity index (χ2n) is 4.32. The molecule has 1 aromatic heterocycles. The van der Waals surface area contributed by atoms with Crippen molar-refractivity contribution in [1.29, 1.82) is 0 Å². The molecule has 0 aliphatic rings. The van der Waals surface area contributed by atoms with Crippen molar-refractivity contribution in [3.63, 3.8) is 0 Å². The van der Waals surface area contributed by atoms with E-state index >= 15 is 0 Å². The molecule has 16 heavy (non-hydrogen) atoms. The van der Waals surface area contributed by atoms with Crippen molar-refractivity contribution in [2.24, 2.45) is 5.73 Å². The summed E-state index contributed by atoms with van der Waals surface area (Å²) in [6.45, 7) is 10.2. The molecule has 1 rings (SSSR count). The number of rotatable bonds is 6. The van der Waals surface area contributed by atoms with Crippen LogP contribution in [0.2, 0.25) is 0 Å². The second-order valence-corrected chi connectivity index (χ2v) is 4.32. The van der Waals surface area contributed by atoms with E-state index in [0.29, 0.717) is 6.04 Å². The molecule has 4 nitrogen and oxygen atoms in total. The Labute approximate surface area is 98.2 Å². The Morgan fingerprint density at radius 1 is 1.50 bits per heavy atom. The van der Waals surface area contributed by atoms with E-state index in [0.717, 1.165) is 25.2 Å². The molecule has 1 heterocycles. The van der Waals surface area contributed by atoms with Crippen molar-refractivity contribution < 1.29 is 0 Å². The lowest BCUT2D eigenvalue weighted by molar-refractivity contribution is 0.506. The van der Waals surface area contributed by atoms with Crippen molar-refractivity contribution in [2.45, 2.75) is 52.7 Å². The van der Waals surface area contributed by atoms with Crippen molar-refractivity contribution in [3.8, 4) is 0 Å². The van der Waals surface area contributed by atoms with Gasteiger partial charge in [0.1, 0.15) is 0 Å². The van der Waals surface area contributed by atoms with Gasteiger partial charge in [-0.05, 0) is 27.2 Å².